The highest BCUT2D eigenvalue weighted by Crippen LogP contribution is 2.36. The van der Waals surface area contributed by atoms with Gasteiger partial charge in [0.1, 0.15) is 5.75 Å². The third kappa shape index (κ3) is 4.05. The minimum atomic E-state index is 0.399. The molecule has 0 spiro atoms. The van der Waals surface area contributed by atoms with Crippen LogP contribution in [0, 0.1) is 0 Å². The number of rotatable bonds is 5. The number of nitrogens with zero attached hydrogens (tertiary/aromatic N) is 1. The quantitative estimate of drug-likeness (QED) is 0.659. The molecular weight excluding hydrogens is 294 g/mol. The lowest BCUT2D eigenvalue weighted by Gasteiger charge is -2.23. The van der Waals surface area contributed by atoms with Gasteiger partial charge in [0.15, 0.2) is 0 Å². The van der Waals surface area contributed by atoms with Crippen molar-refractivity contribution in [1.82, 2.24) is 0 Å². The van der Waals surface area contributed by atoms with Crippen LogP contribution in [0.5, 0.6) is 5.75 Å². The van der Waals surface area contributed by atoms with Crippen LogP contribution in [0.1, 0.15) is 68.1 Å². The Hall–Kier alpha value is -2.09. The van der Waals surface area contributed by atoms with Crippen molar-refractivity contribution in [2.24, 2.45) is 4.99 Å². The van der Waals surface area contributed by atoms with Crippen molar-refractivity contribution in [3.63, 3.8) is 0 Å². The minimum Gasteiger partial charge on any atom is -0.507 e. The average Bonchev–Trinajstić information content (AvgIpc) is 2.64. The lowest BCUT2D eigenvalue weighted by Crippen LogP contribution is -2.06. The number of phenols is 1. The molecule has 1 fully saturated rings. The predicted octanol–water partition coefficient (Wildman–Crippen LogP) is 6.14. The van der Waals surface area contributed by atoms with E-state index in [2.05, 4.69) is 24.0 Å². The molecule has 1 N–H and O–H groups in total. The average molecular weight is 321 g/mol. The molecule has 0 heterocycles. The molecular formula is C22H27NO. The number of para-hydroxylation sites is 1. The first-order valence-corrected chi connectivity index (χ1v) is 9.23. The lowest BCUT2D eigenvalue weighted by atomic mass is 9.82. The normalized spacial score (nSPS) is 15.9. The molecule has 0 atom stereocenters. The van der Waals surface area contributed by atoms with Gasteiger partial charge in [0, 0.05) is 11.8 Å². The predicted molar refractivity (Wildman–Crippen MR) is 102 cm³/mol. The number of aliphatic imine (C=N–C) groups is 1. The molecule has 0 aliphatic heterocycles. The summed E-state index contributed by atoms with van der Waals surface area (Å²) in [5.41, 5.74) is 4.21. The molecule has 0 saturated heterocycles. The number of hydrogen-bond acceptors (Lipinski definition) is 2. The van der Waals surface area contributed by atoms with E-state index in [1.165, 1.54) is 37.7 Å². The van der Waals surface area contributed by atoms with Gasteiger partial charge in [0.25, 0.3) is 0 Å². The first kappa shape index (κ1) is 16.8. The van der Waals surface area contributed by atoms with Crippen LogP contribution in [0.15, 0.2) is 47.5 Å². The molecule has 2 heteroatoms. The molecule has 0 radical (unpaired) electrons. The Morgan fingerprint density at radius 3 is 2.54 bits per heavy atom. The summed E-state index contributed by atoms with van der Waals surface area (Å²) in [5, 5.41) is 10.6. The van der Waals surface area contributed by atoms with Gasteiger partial charge in [-0.15, -0.1) is 0 Å². The lowest BCUT2D eigenvalue weighted by molar-refractivity contribution is 0.440. The van der Waals surface area contributed by atoms with Crippen LogP contribution in [0.4, 0.5) is 5.69 Å². The third-order valence-electron chi connectivity index (χ3n) is 4.95. The standard InChI is InChI=1S/C22H27NO/c1-2-9-18-14-19(17-10-5-3-6-11-17)15-20(22(18)24)16-23-21-12-7-4-8-13-21/h4,7-8,12-17,24H,2-3,5-6,9-11H2,1H3. The molecule has 3 rings (SSSR count). The summed E-state index contributed by atoms with van der Waals surface area (Å²) in [6.07, 6.45) is 10.3. The number of benzene rings is 2. The minimum absolute atomic E-state index is 0.399. The van der Waals surface area contributed by atoms with E-state index in [1.807, 2.05) is 36.5 Å². The van der Waals surface area contributed by atoms with E-state index in [-0.39, 0.29) is 0 Å². The maximum absolute atomic E-state index is 10.6. The highest BCUT2D eigenvalue weighted by atomic mass is 16.3. The van der Waals surface area contributed by atoms with Crippen LogP contribution in [0.25, 0.3) is 0 Å². The van der Waals surface area contributed by atoms with E-state index in [9.17, 15) is 5.11 Å². The summed E-state index contributed by atoms with van der Waals surface area (Å²) in [5.74, 6) is 1.04. The maximum Gasteiger partial charge on any atom is 0.127 e. The van der Waals surface area contributed by atoms with Crippen molar-refractivity contribution in [2.75, 3.05) is 0 Å². The molecule has 1 aliphatic carbocycles. The van der Waals surface area contributed by atoms with Crippen molar-refractivity contribution < 1.29 is 5.11 Å². The summed E-state index contributed by atoms with van der Waals surface area (Å²) < 4.78 is 0. The van der Waals surface area contributed by atoms with Gasteiger partial charge in [-0.25, -0.2) is 0 Å². The zero-order valence-electron chi connectivity index (χ0n) is 14.5. The second kappa shape index (κ2) is 8.14. The van der Waals surface area contributed by atoms with Crippen molar-refractivity contribution in [3.05, 3.63) is 59.2 Å². The molecule has 2 aromatic rings. The summed E-state index contributed by atoms with van der Waals surface area (Å²) >= 11 is 0. The van der Waals surface area contributed by atoms with Gasteiger partial charge < -0.3 is 5.11 Å². The summed E-state index contributed by atoms with van der Waals surface area (Å²) in [6, 6.07) is 14.3. The maximum atomic E-state index is 10.6. The number of hydrogen-bond donors (Lipinski definition) is 1. The molecule has 2 aromatic carbocycles. The molecule has 1 saturated carbocycles. The Labute approximate surface area is 145 Å². The number of phenolic OH excluding ortho intramolecular Hbond substituents is 1. The second-order valence-electron chi connectivity index (χ2n) is 6.80. The van der Waals surface area contributed by atoms with E-state index in [0.717, 1.165) is 29.7 Å². The Morgan fingerprint density at radius 1 is 1.08 bits per heavy atom. The van der Waals surface area contributed by atoms with Crippen LogP contribution in [0.2, 0.25) is 0 Å². The fourth-order valence-electron chi connectivity index (χ4n) is 3.63. The molecule has 2 nitrogen and oxygen atoms in total. The Kier molecular flexibility index (Phi) is 5.68. The molecule has 1 aliphatic rings. The van der Waals surface area contributed by atoms with E-state index >= 15 is 0 Å². The SMILES string of the molecule is CCCc1cc(C2CCCCC2)cc(C=Nc2ccccc2)c1O. The molecule has 0 amide bonds. The van der Waals surface area contributed by atoms with Gasteiger partial charge in [-0.1, -0.05) is 56.9 Å². The van der Waals surface area contributed by atoms with E-state index in [1.54, 1.807) is 0 Å². The molecule has 0 bridgehead atoms. The summed E-state index contributed by atoms with van der Waals surface area (Å²) in [6.45, 7) is 2.16. The number of aryl methyl sites for hydroxylation is 1. The first-order chi connectivity index (χ1) is 11.8. The summed E-state index contributed by atoms with van der Waals surface area (Å²) in [7, 11) is 0. The molecule has 0 unspecified atom stereocenters. The third-order valence-corrected chi connectivity index (χ3v) is 4.95. The highest BCUT2D eigenvalue weighted by Gasteiger charge is 2.18. The highest BCUT2D eigenvalue weighted by molar-refractivity contribution is 5.86. The topological polar surface area (TPSA) is 32.6 Å². The van der Waals surface area contributed by atoms with Gasteiger partial charge in [-0.2, -0.15) is 0 Å². The van der Waals surface area contributed by atoms with Crippen molar-refractivity contribution in [2.45, 2.75) is 57.8 Å². The van der Waals surface area contributed by atoms with E-state index < -0.39 is 0 Å². The van der Waals surface area contributed by atoms with Crippen LogP contribution >= 0.6 is 0 Å². The van der Waals surface area contributed by atoms with Crippen molar-refractivity contribution in [1.29, 1.82) is 0 Å². The second-order valence-corrected chi connectivity index (χ2v) is 6.80. The Balaban J connectivity index is 1.93. The van der Waals surface area contributed by atoms with Crippen LogP contribution < -0.4 is 0 Å². The largest absolute Gasteiger partial charge is 0.507 e. The monoisotopic (exact) mass is 321 g/mol. The fraction of sp³-hybridized carbons (Fsp3) is 0.409. The number of aromatic hydroxyl groups is 1. The van der Waals surface area contributed by atoms with Crippen LogP contribution in [0.3, 0.4) is 0 Å². The van der Waals surface area contributed by atoms with Crippen molar-refractivity contribution in [3.8, 4) is 5.75 Å². The van der Waals surface area contributed by atoms with Gasteiger partial charge in [-0.3, -0.25) is 4.99 Å². The Morgan fingerprint density at radius 2 is 1.83 bits per heavy atom. The molecule has 0 aromatic heterocycles. The van der Waals surface area contributed by atoms with Gasteiger partial charge in [-0.05, 0) is 54.5 Å². The zero-order chi connectivity index (χ0) is 16.8. The Bertz CT molecular complexity index is 685. The first-order valence-electron chi connectivity index (χ1n) is 9.23. The van der Waals surface area contributed by atoms with Crippen LogP contribution in [-0.2, 0) is 6.42 Å². The van der Waals surface area contributed by atoms with Gasteiger partial charge in [0.05, 0.1) is 5.69 Å². The molecule has 24 heavy (non-hydrogen) atoms. The van der Waals surface area contributed by atoms with E-state index in [4.69, 9.17) is 0 Å². The van der Waals surface area contributed by atoms with Gasteiger partial charge >= 0.3 is 0 Å². The molecule has 126 valence electrons. The van der Waals surface area contributed by atoms with E-state index in [0.29, 0.717) is 11.7 Å². The fourth-order valence-corrected chi connectivity index (χ4v) is 3.63. The zero-order valence-corrected chi connectivity index (χ0v) is 14.5. The van der Waals surface area contributed by atoms with Crippen molar-refractivity contribution >= 4 is 11.9 Å². The summed E-state index contributed by atoms with van der Waals surface area (Å²) in [4.78, 5) is 4.54. The smallest absolute Gasteiger partial charge is 0.127 e. The van der Waals surface area contributed by atoms with Crippen LogP contribution in [-0.4, -0.2) is 11.3 Å². The van der Waals surface area contributed by atoms with Gasteiger partial charge in [0.2, 0.25) is 0 Å².